The van der Waals surface area contributed by atoms with Crippen LogP contribution in [0.3, 0.4) is 0 Å². The smallest absolute Gasteiger partial charge is 0.335 e. The highest BCUT2D eigenvalue weighted by Gasteiger charge is 2.07. The molecule has 0 aliphatic carbocycles. The van der Waals surface area contributed by atoms with Gasteiger partial charge in [-0.05, 0) is 19.1 Å². The maximum absolute atomic E-state index is 11.2. The summed E-state index contributed by atoms with van der Waals surface area (Å²) < 4.78 is 15.5. The second-order valence-corrected chi connectivity index (χ2v) is 3.54. The van der Waals surface area contributed by atoms with Crippen molar-refractivity contribution in [3.8, 4) is 5.75 Å². The molecule has 98 valence electrons. The molecule has 4 nitrogen and oxygen atoms in total. The van der Waals surface area contributed by atoms with Crippen molar-refractivity contribution < 1.29 is 19.0 Å². The van der Waals surface area contributed by atoms with Gasteiger partial charge < -0.3 is 14.2 Å². The molecule has 4 heteroatoms. The molecule has 0 N–H and O–H groups in total. The van der Waals surface area contributed by atoms with E-state index in [1.54, 1.807) is 6.92 Å². The average molecular weight is 250 g/mol. The lowest BCUT2D eigenvalue weighted by Gasteiger charge is -2.08. The summed E-state index contributed by atoms with van der Waals surface area (Å²) in [7, 11) is 0. The van der Waals surface area contributed by atoms with Crippen molar-refractivity contribution in [2.75, 3.05) is 26.4 Å². The van der Waals surface area contributed by atoms with E-state index in [0.29, 0.717) is 25.4 Å². The van der Waals surface area contributed by atoms with E-state index in [2.05, 4.69) is 6.58 Å². The fraction of sp³-hybridized carbons (Fsp3) is 0.357. The molecule has 0 saturated carbocycles. The second-order valence-electron chi connectivity index (χ2n) is 3.54. The number of carbonyl (C=O) groups excluding carboxylic acids is 1. The van der Waals surface area contributed by atoms with E-state index in [9.17, 15) is 4.79 Å². The van der Waals surface area contributed by atoms with Crippen molar-refractivity contribution in [1.29, 1.82) is 0 Å². The molecule has 1 aromatic rings. The highest BCUT2D eigenvalue weighted by molar-refractivity contribution is 5.87. The first-order valence-corrected chi connectivity index (χ1v) is 5.84. The molecule has 0 heterocycles. The van der Waals surface area contributed by atoms with Crippen molar-refractivity contribution in [1.82, 2.24) is 0 Å². The van der Waals surface area contributed by atoms with Crippen LogP contribution in [0.25, 0.3) is 0 Å². The maximum atomic E-state index is 11.2. The van der Waals surface area contributed by atoms with E-state index < -0.39 is 5.97 Å². The fourth-order valence-corrected chi connectivity index (χ4v) is 1.22. The molecule has 0 spiro atoms. The lowest BCUT2D eigenvalue weighted by Crippen LogP contribution is -2.14. The Balaban J connectivity index is 2.09. The molecule has 0 unspecified atom stereocenters. The number of hydrogen-bond acceptors (Lipinski definition) is 4. The van der Waals surface area contributed by atoms with Gasteiger partial charge in [0.15, 0.2) is 0 Å². The lowest BCUT2D eigenvalue weighted by molar-refractivity contribution is -0.139. The minimum absolute atomic E-state index is 0.164. The van der Waals surface area contributed by atoms with Crippen molar-refractivity contribution in [3.05, 3.63) is 42.5 Å². The zero-order chi connectivity index (χ0) is 13.2. The summed E-state index contributed by atoms with van der Waals surface area (Å²) in [6.07, 6.45) is 0. The van der Waals surface area contributed by atoms with Crippen molar-refractivity contribution >= 4 is 5.97 Å². The predicted octanol–water partition coefficient (Wildman–Crippen LogP) is 2.20. The number of carbonyl (C=O) groups is 1. The summed E-state index contributed by atoms with van der Waals surface area (Å²) >= 11 is 0. The molecule has 0 atom stereocenters. The normalized spacial score (nSPS) is 9.83. The Hall–Kier alpha value is -1.81. The molecule has 0 fully saturated rings. The number of benzene rings is 1. The first-order chi connectivity index (χ1) is 8.74. The third-order valence-corrected chi connectivity index (χ3v) is 2.08. The summed E-state index contributed by atoms with van der Waals surface area (Å²) in [4.78, 5) is 11.2. The minimum Gasteiger partial charge on any atom is -0.491 e. The van der Waals surface area contributed by atoms with Crippen LogP contribution in [0.15, 0.2) is 42.5 Å². The van der Waals surface area contributed by atoms with E-state index in [0.717, 1.165) is 5.75 Å². The Morgan fingerprint density at radius 2 is 1.94 bits per heavy atom. The van der Waals surface area contributed by atoms with Crippen LogP contribution in [0.2, 0.25) is 0 Å². The molecular formula is C14H18O4. The van der Waals surface area contributed by atoms with Crippen LogP contribution in [0.5, 0.6) is 5.75 Å². The van der Waals surface area contributed by atoms with Crippen LogP contribution in [0, 0.1) is 0 Å². The highest BCUT2D eigenvalue weighted by atomic mass is 16.5. The number of esters is 1. The molecule has 0 aliphatic rings. The first-order valence-electron chi connectivity index (χ1n) is 5.84. The largest absolute Gasteiger partial charge is 0.491 e. The van der Waals surface area contributed by atoms with Crippen LogP contribution in [-0.2, 0) is 14.3 Å². The van der Waals surface area contributed by atoms with Gasteiger partial charge in [-0.1, -0.05) is 24.8 Å². The van der Waals surface area contributed by atoms with Gasteiger partial charge in [-0.15, -0.1) is 0 Å². The third kappa shape index (κ3) is 5.50. The van der Waals surface area contributed by atoms with Crippen LogP contribution >= 0.6 is 0 Å². The van der Waals surface area contributed by atoms with Gasteiger partial charge in [-0.2, -0.15) is 0 Å². The Labute approximate surface area is 107 Å². The van der Waals surface area contributed by atoms with E-state index in [4.69, 9.17) is 14.2 Å². The molecule has 1 rings (SSSR count). The standard InChI is InChI=1S/C14H18O4/c1-3-17-14(15)12(2)11-16-9-10-18-13-7-5-4-6-8-13/h4-8H,2-3,9-11H2,1H3. The van der Waals surface area contributed by atoms with Gasteiger partial charge in [0.2, 0.25) is 0 Å². The lowest BCUT2D eigenvalue weighted by atomic mass is 10.3. The summed E-state index contributed by atoms with van der Waals surface area (Å²) in [5, 5.41) is 0. The van der Waals surface area contributed by atoms with E-state index >= 15 is 0 Å². The van der Waals surface area contributed by atoms with Crippen LogP contribution < -0.4 is 4.74 Å². The number of hydrogen-bond donors (Lipinski definition) is 0. The number of ether oxygens (including phenoxy) is 3. The SMILES string of the molecule is C=C(COCCOc1ccccc1)C(=O)OCC. The summed E-state index contributed by atoms with van der Waals surface area (Å²) in [5.41, 5.74) is 0.316. The molecule has 0 radical (unpaired) electrons. The first kappa shape index (κ1) is 14.3. The quantitative estimate of drug-likeness (QED) is 0.403. The van der Waals surface area contributed by atoms with Crippen LogP contribution in [0.1, 0.15) is 6.92 Å². The van der Waals surface area contributed by atoms with Gasteiger partial charge in [-0.3, -0.25) is 0 Å². The molecule has 0 amide bonds. The summed E-state index contributed by atoms with van der Waals surface area (Å²) in [6, 6.07) is 9.47. The van der Waals surface area contributed by atoms with Crippen LogP contribution in [-0.4, -0.2) is 32.4 Å². The average Bonchev–Trinajstić information content (AvgIpc) is 2.39. The Bertz CT molecular complexity index is 373. The monoisotopic (exact) mass is 250 g/mol. The molecular weight excluding hydrogens is 232 g/mol. The fourth-order valence-electron chi connectivity index (χ4n) is 1.22. The molecule has 0 aliphatic heterocycles. The van der Waals surface area contributed by atoms with E-state index in [1.165, 1.54) is 0 Å². The molecule has 1 aromatic carbocycles. The van der Waals surface area contributed by atoms with Gasteiger partial charge in [-0.25, -0.2) is 4.79 Å². The van der Waals surface area contributed by atoms with E-state index in [1.807, 2.05) is 30.3 Å². The van der Waals surface area contributed by atoms with Gasteiger partial charge in [0, 0.05) is 0 Å². The van der Waals surface area contributed by atoms with Crippen molar-refractivity contribution in [3.63, 3.8) is 0 Å². The third-order valence-electron chi connectivity index (χ3n) is 2.08. The zero-order valence-electron chi connectivity index (χ0n) is 10.6. The Morgan fingerprint density at radius 3 is 2.61 bits per heavy atom. The van der Waals surface area contributed by atoms with Gasteiger partial charge in [0.25, 0.3) is 0 Å². The van der Waals surface area contributed by atoms with Crippen LogP contribution in [0.4, 0.5) is 0 Å². The number of rotatable bonds is 8. The Kier molecular flexibility index (Phi) is 6.58. The topological polar surface area (TPSA) is 44.8 Å². The molecule has 0 saturated heterocycles. The molecule has 0 aromatic heterocycles. The molecule has 0 bridgehead atoms. The van der Waals surface area contributed by atoms with E-state index in [-0.39, 0.29) is 6.61 Å². The zero-order valence-corrected chi connectivity index (χ0v) is 10.6. The maximum Gasteiger partial charge on any atom is 0.335 e. The Morgan fingerprint density at radius 1 is 1.22 bits per heavy atom. The van der Waals surface area contributed by atoms with Gasteiger partial charge in [0.05, 0.1) is 25.4 Å². The van der Waals surface area contributed by atoms with Gasteiger partial charge in [0.1, 0.15) is 12.4 Å². The highest BCUT2D eigenvalue weighted by Crippen LogP contribution is 2.07. The number of para-hydroxylation sites is 1. The second kappa shape index (κ2) is 8.31. The minimum atomic E-state index is -0.415. The molecule has 18 heavy (non-hydrogen) atoms. The summed E-state index contributed by atoms with van der Waals surface area (Å²) in [6.45, 7) is 6.67. The van der Waals surface area contributed by atoms with Gasteiger partial charge >= 0.3 is 5.97 Å². The van der Waals surface area contributed by atoms with Crippen molar-refractivity contribution in [2.45, 2.75) is 6.92 Å². The summed E-state index contributed by atoms with van der Waals surface area (Å²) in [5.74, 6) is 0.381. The van der Waals surface area contributed by atoms with Crippen molar-refractivity contribution in [2.24, 2.45) is 0 Å². The predicted molar refractivity (Wildman–Crippen MR) is 68.5 cm³/mol.